The number of hydrogen-bond acceptors (Lipinski definition) is 5. The van der Waals surface area contributed by atoms with E-state index in [1.54, 1.807) is 6.20 Å². The molecule has 0 spiro atoms. The van der Waals surface area contributed by atoms with Crippen molar-refractivity contribution in [2.45, 2.75) is 37.3 Å². The van der Waals surface area contributed by atoms with Gasteiger partial charge in [0, 0.05) is 29.8 Å². The van der Waals surface area contributed by atoms with Crippen molar-refractivity contribution in [3.05, 3.63) is 102 Å². The minimum atomic E-state index is -0.306. The van der Waals surface area contributed by atoms with Crippen LogP contribution in [0.15, 0.2) is 85.1 Å². The van der Waals surface area contributed by atoms with Crippen LogP contribution >= 0.6 is 0 Å². The van der Waals surface area contributed by atoms with Crippen molar-refractivity contribution in [2.24, 2.45) is 5.92 Å². The Morgan fingerprint density at radius 1 is 0.846 bits per heavy atom. The lowest BCUT2D eigenvalue weighted by atomic mass is 9.81. The molecular formula is C33H30N2O4. The zero-order valence-electron chi connectivity index (χ0n) is 21.7. The topological polar surface area (TPSA) is 68.7 Å². The number of carbonyl (C=O) groups is 2. The Hall–Kier alpha value is -4.03. The van der Waals surface area contributed by atoms with Crippen molar-refractivity contribution in [1.29, 1.82) is 0 Å². The Labute approximate surface area is 227 Å². The predicted octanol–water partition coefficient (Wildman–Crippen LogP) is 5.77. The highest BCUT2D eigenvalue weighted by molar-refractivity contribution is 5.90. The summed E-state index contributed by atoms with van der Waals surface area (Å²) in [4.78, 5) is 33.3. The second kappa shape index (κ2) is 9.93. The van der Waals surface area contributed by atoms with E-state index in [2.05, 4.69) is 29.2 Å². The first-order valence-electron chi connectivity index (χ1n) is 13.7. The fraction of sp³-hybridized carbons (Fsp3) is 0.303. The molecule has 2 saturated heterocycles. The number of hydrogen-bond donors (Lipinski definition) is 0. The SMILES string of the molecule is O=C(Cc1cccc2cccnc12)C1CC2COCC(C1)N2C(=O)OCC1c2ccccc2-c2ccccc21. The van der Waals surface area contributed by atoms with E-state index in [1.807, 2.05) is 59.5 Å². The minimum absolute atomic E-state index is 0.0193. The Morgan fingerprint density at radius 3 is 2.23 bits per heavy atom. The molecule has 3 aromatic carbocycles. The summed E-state index contributed by atoms with van der Waals surface area (Å²) in [5.41, 5.74) is 6.65. The molecule has 39 heavy (non-hydrogen) atoms. The van der Waals surface area contributed by atoms with Gasteiger partial charge >= 0.3 is 6.09 Å². The van der Waals surface area contributed by atoms with Gasteiger partial charge in [0.25, 0.3) is 0 Å². The molecule has 2 atom stereocenters. The van der Waals surface area contributed by atoms with Crippen LogP contribution in [0.5, 0.6) is 0 Å². The highest BCUT2D eigenvalue weighted by Crippen LogP contribution is 2.44. The van der Waals surface area contributed by atoms with Crippen molar-refractivity contribution in [1.82, 2.24) is 9.88 Å². The lowest BCUT2D eigenvalue weighted by Gasteiger charge is -2.47. The number of morpholine rings is 1. The van der Waals surface area contributed by atoms with Crippen molar-refractivity contribution in [3.63, 3.8) is 0 Å². The van der Waals surface area contributed by atoms with Crippen LogP contribution in [0.4, 0.5) is 4.79 Å². The zero-order chi connectivity index (χ0) is 26.3. The van der Waals surface area contributed by atoms with E-state index in [4.69, 9.17) is 9.47 Å². The number of ether oxygens (including phenoxy) is 2. The molecule has 2 aliphatic heterocycles. The molecule has 0 saturated carbocycles. The lowest BCUT2D eigenvalue weighted by Crippen LogP contribution is -2.60. The molecule has 1 amide bonds. The summed E-state index contributed by atoms with van der Waals surface area (Å²) in [5.74, 6) is 0.114. The molecule has 3 aliphatic rings. The summed E-state index contributed by atoms with van der Waals surface area (Å²) in [6.45, 7) is 1.15. The number of ketones is 1. The number of piperidine rings is 1. The van der Waals surface area contributed by atoms with Crippen LogP contribution in [0, 0.1) is 5.92 Å². The second-order valence-electron chi connectivity index (χ2n) is 10.9. The smallest absolute Gasteiger partial charge is 0.410 e. The van der Waals surface area contributed by atoms with Crippen LogP contribution in [0.1, 0.15) is 35.4 Å². The second-order valence-corrected chi connectivity index (χ2v) is 10.9. The molecule has 6 heteroatoms. The van der Waals surface area contributed by atoms with Gasteiger partial charge in [-0.05, 0) is 46.7 Å². The first kappa shape index (κ1) is 24.0. The van der Waals surface area contributed by atoms with E-state index in [1.165, 1.54) is 22.3 Å². The number of pyridine rings is 1. The van der Waals surface area contributed by atoms with E-state index in [-0.39, 0.29) is 35.8 Å². The summed E-state index contributed by atoms with van der Waals surface area (Å²) in [6.07, 6.45) is 3.00. The molecule has 2 bridgehead atoms. The quantitative estimate of drug-likeness (QED) is 0.335. The van der Waals surface area contributed by atoms with E-state index >= 15 is 0 Å². The van der Waals surface area contributed by atoms with Gasteiger partial charge in [-0.1, -0.05) is 72.8 Å². The number of aromatic nitrogens is 1. The van der Waals surface area contributed by atoms with Gasteiger partial charge < -0.3 is 9.47 Å². The van der Waals surface area contributed by atoms with Gasteiger partial charge in [-0.25, -0.2) is 4.79 Å². The van der Waals surface area contributed by atoms with Gasteiger partial charge in [0.2, 0.25) is 0 Å². The van der Waals surface area contributed by atoms with Crippen molar-refractivity contribution >= 4 is 22.8 Å². The van der Waals surface area contributed by atoms with Gasteiger partial charge in [0.1, 0.15) is 12.4 Å². The molecule has 2 unspecified atom stereocenters. The summed E-state index contributed by atoms with van der Waals surface area (Å²) in [6, 6.07) is 26.3. The molecule has 1 aromatic heterocycles. The Balaban J connectivity index is 1.04. The van der Waals surface area contributed by atoms with Crippen molar-refractivity contribution in [2.75, 3.05) is 19.8 Å². The monoisotopic (exact) mass is 518 g/mol. The highest BCUT2D eigenvalue weighted by atomic mass is 16.6. The average Bonchev–Trinajstić information content (AvgIpc) is 3.29. The third-order valence-electron chi connectivity index (χ3n) is 8.60. The molecular weight excluding hydrogens is 488 g/mol. The number of nitrogens with zero attached hydrogens (tertiary/aromatic N) is 2. The molecule has 3 heterocycles. The van der Waals surface area contributed by atoms with E-state index < -0.39 is 0 Å². The maximum Gasteiger partial charge on any atom is 0.410 e. The predicted molar refractivity (Wildman–Crippen MR) is 148 cm³/mol. The lowest BCUT2D eigenvalue weighted by molar-refractivity contribution is -0.130. The van der Waals surface area contributed by atoms with E-state index in [0.29, 0.717) is 39.1 Å². The Kier molecular flexibility index (Phi) is 6.12. The van der Waals surface area contributed by atoms with Crippen LogP contribution in [0.2, 0.25) is 0 Å². The average molecular weight is 519 g/mol. The summed E-state index contributed by atoms with van der Waals surface area (Å²) in [7, 11) is 0. The summed E-state index contributed by atoms with van der Waals surface area (Å²) < 4.78 is 11.8. The maximum absolute atomic E-state index is 13.5. The number of Topliss-reactive ketones (excluding diaryl/α,β-unsaturated/α-hetero) is 1. The van der Waals surface area contributed by atoms with E-state index in [9.17, 15) is 9.59 Å². The standard InChI is InChI=1S/C33H30N2O4/c36-31(17-22-8-5-7-21-9-6-14-34-32(21)22)23-15-24-18-38-19-25(16-23)35(24)33(37)39-20-30-28-12-3-1-10-26(28)27-11-2-4-13-29(27)30/h1-14,23-25,30H,15-20H2. The van der Waals surface area contributed by atoms with Crippen molar-refractivity contribution < 1.29 is 19.1 Å². The maximum atomic E-state index is 13.5. The molecule has 4 aromatic rings. The van der Waals surface area contributed by atoms with Crippen LogP contribution in [-0.2, 0) is 20.7 Å². The highest BCUT2D eigenvalue weighted by Gasteiger charge is 2.44. The number of carbonyl (C=O) groups excluding carboxylic acids is 2. The molecule has 7 rings (SSSR count). The normalized spacial score (nSPS) is 21.8. The van der Waals surface area contributed by atoms with Crippen molar-refractivity contribution in [3.8, 4) is 11.1 Å². The molecule has 6 nitrogen and oxygen atoms in total. The van der Waals surface area contributed by atoms with Crippen LogP contribution in [0.25, 0.3) is 22.0 Å². The summed E-state index contributed by atoms with van der Waals surface area (Å²) >= 11 is 0. The Morgan fingerprint density at radius 2 is 1.51 bits per heavy atom. The minimum Gasteiger partial charge on any atom is -0.448 e. The van der Waals surface area contributed by atoms with Gasteiger partial charge in [0.15, 0.2) is 0 Å². The number of benzene rings is 3. The molecule has 1 aliphatic carbocycles. The number of rotatable bonds is 5. The third-order valence-corrected chi connectivity index (χ3v) is 8.60. The van der Waals surface area contributed by atoms with Crippen LogP contribution < -0.4 is 0 Å². The molecule has 196 valence electrons. The first-order chi connectivity index (χ1) is 19.2. The first-order valence-corrected chi connectivity index (χ1v) is 13.7. The largest absolute Gasteiger partial charge is 0.448 e. The summed E-state index contributed by atoms with van der Waals surface area (Å²) in [5, 5.41) is 1.04. The number of amides is 1. The third kappa shape index (κ3) is 4.29. The zero-order valence-corrected chi connectivity index (χ0v) is 21.7. The van der Waals surface area contributed by atoms with Crippen LogP contribution in [0.3, 0.4) is 0 Å². The van der Waals surface area contributed by atoms with E-state index in [0.717, 1.165) is 16.5 Å². The van der Waals surface area contributed by atoms with Gasteiger partial charge in [-0.2, -0.15) is 0 Å². The molecule has 2 fully saturated rings. The van der Waals surface area contributed by atoms with Gasteiger partial charge in [-0.3, -0.25) is 14.7 Å². The fourth-order valence-corrected chi connectivity index (χ4v) is 6.79. The molecule has 0 N–H and O–H groups in total. The Bertz CT molecular complexity index is 1500. The fourth-order valence-electron chi connectivity index (χ4n) is 6.79. The number of para-hydroxylation sites is 1. The van der Waals surface area contributed by atoms with Gasteiger partial charge in [-0.15, -0.1) is 0 Å². The number of fused-ring (bicyclic) bond motifs is 6. The van der Waals surface area contributed by atoms with Crippen LogP contribution in [-0.4, -0.2) is 53.7 Å². The van der Waals surface area contributed by atoms with Gasteiger partial charge in [0.05, 0.1) is 30.8 Å². The molecule has 0 radical (unpaired) electrons.